The number of nitriles is 3. The number of ether oxygens (including phenoxy) is 3. The fraction of sp³-hybridized carbons (Fsp3) is 0.444. The normalized spacial score (nSPS) is 35.0. The van der Waals surface area contributed by atoms with E-state index in [-0.39, 0.29) is 0 Å². The van der Waals surface area contributed by atoms with E-state index in [1.165, 1.54) is 7.11 Å². The van der Waals surface area contributed by atoms with Crippen LogP contribution in [0.25, 0.3) is 0 Å². The molecule has 1 N–H and O–H groups in total. The monoisotopic (exact) mass is 336 g/mol. The second-order valence-electron chi connectivity index (χ2n) is 6.36. The topological polar surface area (TPSA) is 123 Å². The lowest BCUT2D eigenvalue weighted by atomic mass is 9.51. The van der Waals surface area contributed by atoms with Crippen LogP contribution >= 0.6 is 0 Å². The SMILES string of the molecule is COc1ccccc1[C@H]1O[C@]2(C)OC(=N)[C@@]1(C#N)C(C#N)(C#N)[C@H]2C. The van der Waals surface area contributed by atoms with Crippen LogP contribution in [0.15, 0.2) is 24.3 Å². The third-order valence-corrected chi connectivity index (χ3v) is 5.42. The summed E-state index contributed by atoms with van der Waals surface area (Å²) in [4.78, 5) is 0. The van der Waals surface area contributed by atoms with Crippen LogP contribution in [-0.2, 0) is 9.47 Å². The van der Waals surface area contributed by atoms with Crippen molar-refractivity contribution >= 4 is 5.90 Å². The fourth-order valence-corrected chi connectivity index (χ4v) is 3.83. The Labute approximate surface area is 145 Å². The van der Waals surface area contributed by atoms with Crippen LogP contribution < -0.4 is 4.74 Å². The molecule has 2 bridgehead atoms. The first-order valence-corrected chi connectivity index (χ1v) is 7.69. The number of hydrogen-bond donors (Lipinski definition) is 1. The van der Waals surface area contributed by atoms with Crippen LogP contribution in [0.3, 0.4) is 0 Å². The Bertz CT molecular complexity index is 864. The average molecular weight is 336 g/mol. The van der Waals surface area contributed by atoms with E-state index in [4.69, 9.17) is 19.6 Å². The van der Waals surface area contributed by atoms with Crippen LogP contribution in [0, 0.1) is 56.2 Å². The highest BCUT2D eigenvalue weighted by atomic mass is 16.7. The Morgan fingerprint density at radius 1 is 1.16 bits per heavy atom. The molecule has 1 aromatic carbocycles. The number of nitrogens with zero attached hydrogens (tertiary/aromatic N) is 3. The lowest BCUT2D eigenvalue weighted by molar-refractivity contribution is -0.338. The van der Waals surface area contributed by atoms with Crippen molar-refractivity contribution in [2.45, 2.75) is 25.7 Å². The highest BCUT2D eigenvalue weighted by Crippen LogP contribution is 2.66. The molecule has 0 spiro atoms. The van der Waals surface area contributed by atoms with Gasteiger partial charge in [-0.3, -0.25) is 5.41 Å². The average Bonchev–Trinajstić information content (AvgIpc) is 2.63. The van der Waals surface area contributed by atoms with E-state index in [0.29, 0.717) is 11.3 Å². The largest absolute Gasteiger partial charge is 0.496 e. The first-order chi connectivity index (χ1) is 11.9. The molecular formula is C18H16N4O3. The van der Waals surface area contributed by atoms with Crippen molar-refractivity contribution in [1.29, 1.82) is 21.2 Å². The van der Waals surface area contributed by atoms with Crippen molar-refractivity contribution in [3.8, 4) is 24.0 Å². The van der Waals surface area contributed by atoms with Gasteiger partial charge in [-0.25, -0.2) is 0 Å². The lowest BCUT2D eigenvalue weighted by Crippen LogP contribution is -2.71. The highest BCUT2D eigenvalue weighted by Gasteiger charge is 2.78. The Kier molecular flexibility index (Phi) is 3.49. The highest BCUT2D eigenvalue weighted by molar-refractivity contribution is 5.89. The van der Waals surface area contributed by atoms with Crippen molar-refractivity contribution in [3.05, 3.63) is 29.8 Å². The first-order valence-electron chi connectivity index (χ1n) is 7.69. The molecular weight excluding hydrogens is 320 g/mol. The molecule has 25 heavy (non-hydrogen) atoms. The second kappa shape index (κ2) is 5.21. The Morgan fingerprint density at radius 2 is 1.80 bits per heavy atom. The van der Waals surface area contributed by atoms with Crippen LogP contribution in [0.5, 0.6) is 5.75 Å². The van der Waals surface area contributed by atoms with Gasteiger partial charge in [-0.15, -0.1) is 0 Å². The summed E-state index contributed by atoms with van der Waals surface area (Å²) in [7, 11) is 1.48. The maximum atomic E-state index is 10.0. The smallest absolute Gasteiger partial charge is 0.215 e. The summed E-state index contributed by atoms with van der Waals surface area (Å²) >= 11 is 0. The lowest BCUT2D eigenvalue weighted by Gasteiger charge is -2.60. The van der Waals surface area contributed by atoms with E-state index in [0.717, 1.165) is 0 Å². The van der Waals surface area contributed by atoms with E-state index in [1.54, 1.807) is 38.1 Å². The quantitative estimate of drug-likeness (QED) is 0.885. The molecule has 126 valence electrons. The van der Waals surface area contributed by atoms with E-state index in [1.807, 2.05) is 18.2 Å². The van der Waals surface area contributed by atoms with Gasteiger partial charge in [0, 0.05) is 12.5 Å². The van der Waals surface area contributed by atoms with Gasteiger partial charge < -0.3 is 14.2 Å². The molecule has 0 radical (unpaired) electrons. The van der Waals surface area contributed by atoms with E-state index in [9.17, 15) is 15.8 Å². The number of para-hydroxylation sites is 1. The zero-order valence-electron chi connectivity index (χ0n) is 14.0. The van der Waals surface area contributed by atoms with Gasteiger partial charge in [0.15, 0.2) is 10.8 Å². The van der Waals surface area contributed by atoms with Crippen LogP contribution in [0.1, 0.15) is 25.5 Å². The molecule has 3 fully saturated rings. The van der Waals surface area contributed by atoms with Crippen LogP contribution in [0.4, 0.5) is 0 Å². The number of hydrogen-bond acceptors (Lipinski definition) is 7. The van der Waals surface area contributed by atoms with Crippen molar-refractivity contribution in [2.75, 3.05) is 7.11 Å². The maximum Gasteiger partial charge on any atom is 0.215 e. The Hall–Kier alpha value is -3.08. The summed E-state index contributed by atoms with van der Waals surface area (Å²) in [5.41, 5.74) is -3.20. The van der Waals surface area contributed by atoms with Gasteiger partial charge >= 0.3 is 0 Å². The molecule has 3 heterocycles. The van der Waals surface area contributed by atoms with E-state index < -0.39 is 34.5 Å². The minimum absolute atomic E-state index is 0.430. The summed E-state index contributed by atoms with van der Waals surface area (Å²) in [5, 5.41) is 38.2. The molecule has 0 saturated carbocycles. The summed E-state index contributed by atoms with van der Waals surface area (Å²) in [6.45, 7) is 3.21. The predicted octanol–water partition coefficient (Wildman–Crippen LogP) is 2.67. The second-order valence-corrected chi connectivity index (χ2v) is 6.36. The van der Waals surface area contributed by atoms with E-state index >= 15 is 0 Å². The van der Waals surface area contributed by atoms with Gasteiger partial charge in [0.1, 0.15) is 11.9 Å². The predicted molar refractivity (Wildman–Crippen MR) is 84.9 cm³/mol. The minimum atomic E-state index is -1.90. The number of benzene rings is 1. The molecule has 1 aromatic rings. The number of fused-ring (bicyclic) bond motifs is 3. The van der Waals surface area contributed by atoms with Crippen molar-refractivity contribution in [1.82, 2.24) is 0 Å². The van der Waals surface area contributed by atoms with Gasteiger partial charge in [0.05, 0.1) is 31.2 Å². The number of nitrogens with one attached hydrogen (secondary N) is 1. The van der Waals surface area contributed by atoms with Crippen molar-refractivity contribution < 1.29 is 14.2 Å². The molecule has 3 saturated heterocycles. The fourth-order valence-electron chi connectivity index (χ4n) is 3.83. The molecule has 3 aliphatic heterocycles. The molecule has 4 rings (SSSR count). The number of methoxy groups -OCH3 is 1. The van der Waals surface area contributed by atoms with Gasteiger partial charge in [-0.1, -0.05) is 25.1 Å². The van der Waals surface area contributed by atoms with Gasteiger partial charge in [0.25, 0.3) is 0 Å². The Balaban J connectivity index is 2.37. The zero-order chi connectivity index (χ0) is 18.5. The standard InChI is InChI=1S/C18H16N4O3/c1-11-16(2)24-14(12-6-4-5-7-13(12)23-3)18(10-21,15(22)25-16)17(11,8-19)9-20/h4-7,11,14,22H,1-3H3/t11-,14+,16+,18-/m0/s1. The van der Waals surface area contributed by atoms with E-state index in [2.05, 4.69) is 0 Å². The molecule has 4 atom stereocenters. The summed E-state index contributed by atoms with van der Waals surface area (Å²) < 4.78 is 17.0. The van der Waals surface area contributed by atoms with Gasteiger partial charge in [-0.2, -0.15) is 15.8 Å². The Morgan fingerprint density at radius 3 is 2.36 bits per heavy atom. The van der Waals surface area contributed by atoms with Crippen molar-refractivity contribution in [2.24, 2.45) is 16.7 Å². The molecule has 0 amide bonds. The molecule has 0 unspecified atom stereocenters. The van der Waals surface area contributed by atoms with Crippen LogP contribution in [-0.4, -0.2) is 18.8 Å². The maximum absolute atomic E-state index is 10.0. The summed E-state index contributed by atoms with van der Waals surface area (Å²) in [5.74, 6) is -2.11. The van der Waals surface area contributed by atoms with Crippen LogP contribution in [0.2, 0.25) is 0 Å². The summed E-state index contributed by atoms with van der Waals surface area (Å²) in [6.07, 6.45) is -1.05. The minimum Gasteiger partial charge on any atom is -0.496 e. The van der Waals surface area contributed by atoms with Gasteiger partial charge in [0.2, 0.25) is 11.7 Å². The first kappa shape index (κ1) is 16.8. The van der Waals surface area contributed by atoms with Crippen molar-refractivity contribution in [3.63, 3.8) is 0 Å². The molecule has 0 aliphatic carbocycles. The van der Waals surface area contributed by atoms with Gasteiger partial charge in [-0.05, 0) is 6.07 Å². The third-order valence-electron chi connectivity index (χ3n) is 5.42. The molecule has 0 aromatic heterocycles. The molecule has 7 nitrogen and oxygen atoms in total. The third kappa shape index (κ3) is 1.72. The summed E-state index contributed by atoms with van der Waals surface area (Å²) in [6, 6.07) is 12.9. The molecule has 7 heteroatoms. The zero-order valence-corrected chi connectivity index (χ0v) is 14.0. The number of rotatable bonds is 2. The molecule has 3 aliphatic rings.